The summed E-state index contributed by atoms with van der Waals surface area (Å²) in [6, 6.07) is -0.254. The molecule has 20 heavy (non-hydrogen) atoms. The van der Waals surface area contributed by atoms with Crippen LogP contribution in [0.5, 0.6) is 0 Å². The van der Waals surface area contributed by atoms with E-state index >= 15 is 0 Å². The van der Waals surface area contributed by atoms with Crippen LogP contribution in [-0.4, -0.2) is 54.7 Å². The summed E-state index contributed by atoms with van der Waals surface area (Å²) in [7, 11) is 0. The highest BCUT2D eigenvalue weighted by molar-refractivity contribution is 5.81. The molecule has 2 amide bonds. The molecular weight excluding hydrogens is 258 g/mol. The lowest BCUT2D eigenvalue weighted by Crippen LogP contribution is -2.47. The highest BCUT2D eigenvalue weighted by Crippen LogP contribution is 2.05. The molecule has 2 N–H and O–H groups in total. The Morgan fingerprint density at radius 1 is 1.15 bits per heavy atom. The first-order valence-electron chi connectivity index (χ1n) is 7.20. The number of likely N-dealkylation sites (N-methyl/N-ethyl adjacent to an activating group) is 1. The van der Waals surface area contributed by atoms with E-state index in [1.165, 1.54) is 0 Å². The number of hydrogen-bond acceptors (Lipinski definition) is 4. The third kappa shape index (κ3) is 7.99. The maximum absolute atomic E-state index is 12.0. The molecule has 6 heteroatoms. The number of rotatable bonds is 7. The van der Waals surface area contributed by atoms with Crippen LogP contribution in [0, 0.1) is 0 Å². The van der Waals surface area contributed by atoms with Crippen molar-refractivity contribution < 1.29 is 14.3 Å². The van der Waals surface area contributed by atoms with Crippen molar-refractivity contribution in [2.24, 2.45) is 0 Å². The molecule has 0 aromatic carbocycles. The summed E-state index contributed by atoms with van der Waals surface area (Å²) in [5.41, 5.74) is -0.497. The lowest BCUT2D eigenvalue weighted by molar-refractivity contribution is -0.132. The molecule has 0 rings (SSSR count). The Morgan fingerprint density at radius 2 is 1.70 bits per heavy atom. The third-order valence-electron chi connectivity index (χ3n) is 2.69. The fourth-order valence-electron chi connectivity index (χ4n) is 1.66. The zero-order valence-corrected chi connectivity index (χ0v) is 13.6. The van der Waals surface area contributed by atoms with Gasteiger partial charge in [0.05, 0.1) is 6.04 Å². The van der Waals surface area contributed by atoms with Crippen LogP contribution in [0.3, 0.4) is 0 Å². The van der Waals surface area contributed by atoms with Gasteiger partial charge in [-0.25, -0.2) is 4.79 Å². The molecule has 0 bridgehead atoms. The van der Waals surface area contributed by atoms with Crippen LogP contribution in [0.1, 0.15) is 41.5 Å². The van der Waals surface area contributed by atoms with Gasteiger partial charge in [-0.3, -0.25) is 4.79 Å². The SMILES string of the molecule is CCN(CC)C(=O)C(C)NCCNC(=O)OC(C)(C)C. The van der Waals surface area contributed by atoms with E-state index in [0.29, 0.717) is 26.2 Å². The van der Waals surface area contributed by atoms with Crippen LogP contribution >= 0.6 is 0 Å². The van der Waals surface area contributed by atoms with E-state index in [-0.39, 0.29) is 11.9 Å². The topological polar surface area (TPSA) is 70.7 Å². The first-order chi connectivity index (χ1) is 9.21. The first kappa shape index (κ1) is 18.7. The number of amides is 2. The molecule has 0 saturated carbocycles. The zero-order chi connectivity index (χ0) is 15.8. The third-order valence-corrected chi connectivity index (χ3v) is 2.69. The summed E-state index contributed by atoms with van der Waals surface area (Å²) in [5.74, 6) is 0.0762. The quantitative estimate of drug-likeness (QED) is 0.694. The second-order valence-electron chi connectivity index (χ2n) is 5.62. The number of nitrogens with zero attached hydrogens (tertiary/aromatic N) is 1. The molecule has 0 aromatic heterocycles. The van der Waals surface area contributed by atoms with E-state index in [1.807, 2.05) is 41.5 Å². The molecule has 0 spiro atoms. The van der Waals surface area contributed by atoms with E-state index in [0.717, 1.165) is 0 Å². The smallest absolute Gasteiger partial charge is 0.407 e. The van der Waals surface area contributed by atoms with Crippen LogP contribution in [0.4, 0.5) is 4.79 Å². The fraction of sp³-hybridized carbons (Fsp3) is 0.857. The van der Waals surface area contributed by atoms with E-state index in [4.69, 9.17) is 4.74 Å². The van der Waals surface area contributed by atoms with Crippen molar-refractivity contribution >= 4 is 12.0 Å². The highest BCUT2D eigenvalue weighted by Gasteiger charge is 2.18. The van der Waals surface area contributed by atoms with Crippen LogP contribution in [0.15, 0.2) is 0 Å². The Kier molecular flexibility index (Phi) is 8.22. The average Bonchev–Trinajstić information content (AvgIpc) is 2.33. The Balaban J connectivity index is 3.90. The van der Waals surface area contributed by atoms with Gasteiger partial charge < -0.3 is 20.3 Å². The summed E-state index contributed by atoms with van der Waals surface area (Å²) in [4.78, 5) is 25.2. The van der Waals surface area contributed by atoms with E-state index in [9.17, 15) is 9.59 Å². The molecule has 0 heterocycles. The van der Waals surface area contributed by atoms with Crippen LogP contribution < -0.4 is 10.6 Å². The van der Waals surface area contributed by atoms with E-state index in [1.54, 1.807) is 4.90 Å². The minimum absolute atomic E-state index is 0.0762. The largest absolute Gasteiger partial charge is 0.444 e. The number of hydrogen-bond donors (Lipinski definition) is 2. The number of carbonyl (C=O) groups is 2. The first-order valence-corrected chi connectivity index (χ1v) is 7.20. The van der Waals surface area contributed by atoms with Crippen LogP contribution in [-0.2, 0) is 9.53 Å². The van der Waals surface area contributed by atoms with Crippen molar-refractivity contribution in [2.75, 3.05) is 26.2 Å². The zero-order valence-electron chi connectivity index (χ0n) is 13.6. The minimum atomic E-state index is -0.497. The maximum Gasteiger partial charge on any atom is 0.407 e. The number of ether oxygens (including phenoxy) is 1. The monoisotopic (exact) mass is 287 g/mol. The van der Waals surface area contributed by atoms with Gasteiger partial charge in [-0.15, -0.1) is 0 Å². The molecule has 0 radical (unpaired) electrons. The predicted molar refractivity (Wildman–Crippen MR) is 79.6 cm³/mol. The van der Waals surface area contributed by atoms with Crippen LogP contribution in [0.2, 0.25) is 0 Å². The Bertz CT molecular complexity index is 309. The summed E-state index contributed by atoms with van der Waals surface area (Å²) in [6.45, 7) is 13.5. The second kappa shape index (κ2) is 8.79. The molecule has 0 fully saturated rings. The van der Waals surface area contributed by atoms with E-state index in [2.05, 4.69) is 10.6 Å². The normalized spacial score (nSPS) is 12.7. The Morgan fingerprint density at radius 3 is 2.15 bits per heavy atom. The van der Waals surface area contributed by atoms with Gasteiger partial charge in [0.25, 0.3) is 0 Å². The van der Waals surface area contributed by atoms with Crippen molar-refractivity contribution in [3.05, 3.63) is 0 Å². The van der Waals surface area contributed by atoms with Crippen molar-refractivity contribution in [1.29, 1.82) is 0 Å². The molecular formula is C14H29N3O3. The van der Waals surface area contributed by atoms with Gasteiger partial charge in [0.2, 0.25) is 5.91 Å². The summed E-state index contributed by atoms with van der Waals surface area (Å²) < 4.78 is 5.11. The molecule has 0 aliphatic heterocycles. The molecule has 0 saturated heterocycles. The highest BCUT2D eigenvalue weighted by atomic mass is 16.6. The van der Waals surface area contributed by atoms with Gasteiger partial charge >= 0.3 is 6.09 Å². The number of nitrogens with one attached hydrogen (secondary N) is 2. The molecule has 6 nitrogen and oxygen atoms in total. The van der Waals surface area contributed by atoms with Gasteiger partial charge in [-0.1, -0.05) is 0 Å². The van der Waals surface area contributed by atoms with Crippen molar-refractivity contribution in [3.8, 4) is 0 Å². The van der Waals surface area contributed by atoms with Gasteiger partial charge in [-0.2, -0.15) is 0 Å². The molecule has 1 atom stereocenters. The summed E-state index contributed by atoms with van der Waals surface area (Å²) >= 11 is 0. The lowest BCUT2D eigenvalue weighted by Gasteiger charge is -2.23. The summed E-state index contributed by atoms with van der Waals surface area (Å²) in [5, 5.41) is 5.73. The Labute approximate surface area is 122 Å². The standard InChI is InChI=1S/C14H29N3O3/c1-7-17(8-2)12(18)11(3)15-9-10-16-13(19)20-14(4,5)6/h11,15H,7-10H2,1-6H3,(H,16,19). The van der Waals surface area contributed by atoms with Gasteiger partial charge in [0.15, 0.2) is 0 Å². The molecule has 0 aliphatic carbocycles. The van der Waals surface area contributed by atoms with Gasteiger partial charge in [-0.05, 0) is 41.5 Å². The number of alkyl carbamates (subject to hydrolysis) is 1. The molecule has 1 unspecified atom stereocenters. The van der Waals surface area contributed by atoms with E-state index < -0.39 is 11.7 Å². The number of carbonyl (C=O) groups excluding carboxylic acids is 2. The minimum Gasteiger partial charge on any atom is -0.444 e. The van der Waals surface area contributed by atoms with Gasteiger partial charge in [0.1, 0.15) is 5.60 Å². The maximum atomic E-state index is 12.0. The molecule has 118 valence electrons. The fourth-order valence-corrected chi connectivity index (χ4v) is 1.66. The second-order valence-corrected chi connectivity index (χ2v) is 5.62. The van der Waals surface area contributed by atoms with Crippen molar-refractivity contribution in [2.45, 2.75) is 53.2 Å². The van der Waals surface area contributed by atoms with Gasteiger partial charge in [0, 0.05) is 26.2 Å². The molecule has 0 aromatic rings. The van der Waals surface area contributed by atoms with Crippen molar-refractivity contribution in [3.63, 3.8) is 0 Å². The predicted octanol–water partition coefficient (Wildman–Crippen LogP) is 1.36. The molecule has 0 aliphatic rings. The Hall–Kier alpha value is -1.30. The van der Waals surface area contributed by atoms with Crippen LogP contribution in [0.25, 0.3) is 0 Å². The van der Waals surface area contributed by atoms with Crippen molar-refractivity contribution in [1.82, 2.24) is 15.5 Å². The summed E-state index contributed by atoms with van der Waals surface area (Å²) in [6.07, 6.45) is -0.443. The lowest BCUT2D eigenvalue weighted by atomic mass is 10.2. The average molecular weight is 287 g/mol.